The Labute approximate surface area is 199 Å². The lowest BCUT2D eigenvalue weighted by molar-refractivity contribution is -0.152. The van der Waals surface area contributed by atoms with E-state index in [0.717, 1.165) is 5.57 Å². The van der Waals surface area contributed by atoms with Crippen molar-refractivity contribution in [1.29, 1.82) is 0 Å². The third-order valence-electron chi connectivity index (χ3n) is 8.29. The smallest absolute Gasteiger partial charge is 0.338 e. The van der Waals surface area contributed by atoms with Crippen LogP contribution in [0.2, 0.25) is 0 Å². The first-order chi connectivity index (χ1) is 16.1. The molecule has 6 unspecified atom stereocenters. The maximum Gasteiger partial charge on any atom is 0.338 e. The number of rotatable bonds is 6. The van der Waals surface area contributed by atoms with Gasteiger partial charge in [0, 0.05) is 17.5 Å². The molecule has 4 rings (SSSR count). The van der Waals surface area contributed by atoms with Crippen LogP contribution >= 0.6 is 0 Å². The molecule has 182 valence electrons. The van der Waals surface area contributed by atoms with Crippen molar-refractivity contribution in [3.05, 3.63) is 53.6 Å². The molecule has 0 aromatic heterocycles. The zero-order valence-electron chi connectivity index (χ0n) is 19.7. The number of nitrogen functional groups attached to an aromatic ring is 1. The second-order valence-corrected chi connectivity index (χ2v) is 10.1. The Balaban J connectivity index is 1.44. The minimum atomic E-state index is -1.33. The highest BCUT2D eigenvalue weighted by Crippen LogP contribution is 2.56. The summed E-state index contributed by atoms with van der Waals surface area (Å²) in [5.74, 6) is -2.00. The van der Waals surface area contributed by atoms with E-state index >= 15 is 0 Å². The van der Waals surface area contributed by atoms with E-state index in [4.69, 9.17) is 10.5 Å². The Bertz CT molecular complexity index is 1040. The van der Waals surface area contributed by atoms with E-state index in [2.05, 4.69) is 0 Å². The maximum absolute atomic E-state index is 13.0. The average molecular weight is 468 g/mol. The Morgan fingerprint density at radius 1 is 1.21 bits per heavy atom. The number of nitrogens with two attached hydrogens (primary N) is 1. The summed E-state index contributed by atoms with van der Waals surface area (Å²) in [6, 6.07) is 6.23. The van der Waals surface area contributed by atoms with Crippen LogP contribution in [0, 0.1) is 23.2 Å². The van der Waals surface area contributed by atoms with Crippen LogP contribution in [0.1, 0.15) is 56.3 Å². The molecule has 4 N–H and O–H groups in total. The van der Waals surface area contributed by atoms with E-state index in [1.165, 1.54) is 12.1 Å². The van der Waals surface area contributed by atoms with Gasteiger partial charge in [0.1, 0.15) is 0 Å². The van der Waals surface area contributed by atoms with Crippen LogP contribution in [0.5, 0.6) is 0 Å². The van der Waals surface area contributed by atoms with Gasteiger partial charge in [0.05, 0.1) is 23.2 Å². The molecule has 7 nitrogen and oxygen atoms in total. The van der Waals surface area contributed by atoms with Crippen molar-refractivity contribution in [2.45, 2.75) is 57.7 Å². The van der Waals surface area contributed by atoms with Crippen LogP contribution in [0.4, 0.5) is 5.69 Å². The van der Waals surface area contributed by atoms with Gasteiger partial charge in [0.25, 0.3) is 0 Å². The highest BCUT2D eigenvalue weighted by Gasteiger charge is 2.59. The van der Waals surface area contributed by atoms with Gasteiger partial charge in [-0.05, 0) is 73.9 Å². The zero-order valence-corrected chi connectivity index (χ0v) is 19.7. The van der Waals surface area contributed by atoms with Gasteiger partial charge in [-0.1, -0.05) is 25.5 Å². The Hall–Kier alpha value is -2.77. The van der Waals surface area contributed by atoms with E-state index in [1.807, 2.05) is 19.9 Å². The quantitative estimate of drug-likeness (QED) is 0.433. The van der Waals surface area contributed by atoms with Gasteiger partial charge in [-0.15, -0.1) is 0 Å². The lowest BCUT2D eigenvalue weighted by Crippen LogP contribution is -2.55. The third kappa shape index (κ3) is 4.23. The molecule has 3 aliphatic rings. The minimum Gasteiger partial charge on any atom is -0.454 e. The van der Waals surface area contributed by atoms with Gasteiger partial charge in [-0.2, -0.15) is 0 Å². The van der Waals surface area contributed by atoms with E-state index < -0.39 is 35.6 Å². The van der Waals surface area contributed by atoms with Crippen LogP contribution in [0.25, 0.3) is 0 Å². The number of esters is 1. The fourth-order valence-electron chi connectivity index (χ4n) is 6.33. The summed E-state index contributed by atoms with van der Waals surface area (Å²) in [5, 5.41) is 22.7. The topological polar surface area (TPSA) is 127 Å². The van der Waals surface area contributed by atoms with Crippen molar-refractivity contribution in [1.82, 2.24) is 0 Å². The predicted octanol–water partition coefficient (Wildman–Crippen LogP) is 3.00. The van der Waals surface area contributed by atoms with E-state index in [1.54, 1.807) is 24.3 Å². The number of carbonyl (C=O) groups is 3. The van der Waals surface area contributed by atoms with Gasteiger partial charge in [0.15, 0.2) is 18.2 Å². The second-order valence-electron chi connectivity index (χ2n) is 10.1. The fraction of sp³-hybridized carbons (Fsp3) is 0.519. The summed E-state index contributed by atoms with van der Waals surface area (Å²) in [4.78, 5) is 37.2. The van der Waals surface area contributed by atoms with Gasteiger partial charge >= 0.3 is 5.97 Å². The molecule has 7 heteroatoms. The van der Waals surface area contributed by atoms with Gasteiger partial charge < -0.3 is 20.7 Å². The first kappa shape index (κ1) is 24.4. The average Bonchev–Trinajstić information content (AvgIpc) is 3.14. The fourth-order valence-corrected chi connectivity index (χ4v) is 6.33. The van der Waals surface area contributed by atoms with Crippen LogP contribution in [-0.2, 0) is 14.3 Å². The number of benzene rings is 1. The van der Waals surface area contributed by atoms with E-state index in [9.17, 15) is 24.6 Å². The number of ether oxygens (including phenoxy) is 1. The Kier molecular flexibility index (Phi) is 6.53. The molecule has 6 atom stereocenters. The molecule has 1 aromatic carbocycles. The molecule has 0 aliphatic heterocycles. The zero-order chi connectivity index (χ0) is 24.7. The molecule has 0 radical (unpaired) electrons. The normalized spacial score (nSPS) is 34.9. The van der Waals surface area contributed by atoms with Gasteiger partial charge in [0.2, 0.25) is 0 Å². The second kappa shape index (κ2) is 9.12. The molecular formula is C27H33NO6. The number of ketones is 2. The Morgan fingerprint density at radius 3 is 2.59 bits per heavy atom. The summed E-state index contributed by atoms with van der Waals surface area (Å²) in [7, 11) is 0. The van der Waals surface area contributed by atoms with Crippen molar-refractivity contribution < 1.29 is 29.3 Å². The molecule has 0 bridgehead atoms. The summed E-state index contributed by atoms with van der Waals surface area (Å²) in [5.41, 5.74) is 5.63. The van der Waals surface area contributed by atoms with Gasteiger partial charge in [-0.25, -0.2) is 4.79 Å². The largest absolute Gasteiger partial charge is 0.454 e. The number of hydrogen-bond donors (Lipinski definition) is 3. The maximum atomic E-state index is 13.0. The van der Waals surface area contributed by atoms with Crippen molar-refractivity contribution >= 4 is 23.2 Å². The van der Waals surface area contributed by atoms with Crippen molar-refractivity contribution in [2.75, 3.05) is 12.3 Å². The SMILES string of the molecule is CCC1=CC(=O)C=CC1(C)C1CC2CCC(C(=O)COC(=O)c3ccc(N)cc3)C2(O)CC1O. The van der Waals surface area contributed by atoms with E-state index in [0.29, 0.717) is 36.9 Å². The molecule has 3 aliphatic carbocycles. The summed E-state index contributed by atoms with van der Waals surface area (Å²) in [6.45, 7) is 3.61. The Morgan fingerprint density at radius 2 is 1.91 bits per heavy atom. The van der Waals surface area contributed by atoms with Crippen molar-refractivity contribution in [3.8, 4) is 0 Å². The molecule has 2 fully saturated rings. The van der Waals surface area contributed by atoms with Crippen LogP contribution < -0.4 is 5.73 Å². The third-order valence-corrected chi connectivity index (χ3v) is 8.29. The highest BCUT2D eigenvalue weighted by atomic mass is 16.5. The van der Waals surface area contributed by atoms with E-state index in [-0.39, 0.29) is 29.8 Å². The monoisotopic (exact) mass is 467 g/mol. The molecule has 0 heterocycles. The minimum absolute atomic E-state index is 0.0452. The molecule has 0 saturated heterocycles. The molecule has 34 heavy (non-hydrogen) atoms. The number of anilines is 1. The molecule has 0 spiro atoms. The van der Waals surface area contributed by atoms with Crippen LogP contribution in [0.15, 0.2) is 48.1 Å². The summed E-state index contributed by atoms with van der Waals surface area (Å²) >= 11 is 0. The number of hydrogen-bond acceptors (Lipinski definition) is 7. The summed E-state index contributed by atoms with van der Waals surface area (Å²) < 4.78 is 5.21. The number of fused-ring (bicyclic) bond motifs is 1. The van der Waals surface area contributed by atoms with Gasteiger partial charge in [-0.3, -0.25) is 9.59 Å². The lowest BCUT2D eigenvalue weighted by Gasteiger charge is -2.50. The number of aliphatic hydroxyl groups is 2. The molecule has 0 amide bonds. The number of Topliss-reactive ketones (excluding diaryl/α,β-unsaturated/α-hetero) is 1. The lowest BCUT2D eigenvalue weighted by atomic mass is 9.57. The van der Waals surface area contributed by atoms with Crippen LogP contribution in [-0.4, -0.2) is 46.1 Å². The molecule has 2 saturated carbocycles. The van der Waals surface area contributed by atoms with Crippen molar-refractivity contribution in [2.24, 2.45) is 23.2 Å². The number of carbonyl (C=O) groups excluding carboxylic acids is 3. The molecule has 1 aromatic rings. The summed E-state index contributed by atoms with van der Waals surface area (Å²) in [6.07, 6.45) is 6.76. The first-order valence-electron chi connectivity index (χ1n) is 12.0. The first-order valence-corrected chi connectivity index (χ1v) is 12.0. The standard InChI is InChI=1S/C27H33NO6/c1-3-17-12-20(29)10-11-26(17,2)22-13-18-6-9-21(27(18,33)14-23(22)30)24(31)15-34-25(32)16-4-7-19(28)8-5-16/h4-5,7-8,10-12,18,21-23,30,33H,3,6,9,13-15,28H2,1-2H3. The highest BCUT2D eigenvalue weighted by molar-refractivity contribution is 6.01. The van der Waals surface area contributed by atoms with Crippen LogP contribution in [0.3, 0.4) is 0 Å². The molecular weight excluding hydrogens is 434 g/mol. The number of aliphatic hydroxyl groups excluding tert-OH is 1. The predicted molar refractivity (Wildman–Crippen MR) is 127 cm³/mol. The van der Waals surface area contributed by atoms with Crippen molar-refractivity contribution in [3.63, 3.8) is 0 Å². The number of allylic oxidation sites excluding steroid dienone is 4.